The number of halogens is 1. The van der Waals surface area contributed by atoms with Crippen molar-refractivity contribution in [3.63, 3.8) is 0 Å². The van der Waals surface area contributed by atoms with Gasteiger partial charge in [0.05, 0.1) is 6.10 Å². The van der Waals surface area contributed by atoms with Crippen LogP contribution in [-0.4, -0.2) is 19.9 Å². The number of aromatic nitrogens is 3. The van der Waals surface area contributed by atoms with E-state index in [0.29, 0.717) is 6.42 Å². The van der Waals surface area contributed by atoms with Gasteiger partial charge in [0.2, 0.25) is 0 Å². The summed E-state index contributed by atoms with van der Waals surface area (Å²) in [7, 11) is 0. The first-order valence-corrected chi connectivity index (χ1v) is 7.05. The van der Waals surface area contributed by atoms with Gasteiger partial charge in [-0.05, 0) is 35.8 Å². The van der Waals surface area contributed by atoms with Crippen molar-refractivity contribution in [1.29, 1.82) is 0 Å². The maximum atomic E-state index is 10.1. The highest BCUT2D eigenvalue weighted by Gasteiger charge is 2.16. The van der Waals surface area contributed by atoms with Crippen LogP contribution >= 0.6 is 27.3 Å². The first kappa shape index (κ1) is 12.7. The molecule has 1 unspecified atom stereocenters. The first-order valence-electron chi connectivity index (χ1n) is 5.38. The Morgan fingerprint density at radius 2 is 2.29 bits per heavy atom. The lowest BCUT2D eigenvalue weighted by atomic mass is 10.2. The number of aliphatic hydroxyl groups is 1. The van der Waals surface area contributed by atoms with Crippen molar-refractivity contribution in [2.24, 2.45) is 0 Å². The van der Waals surface area contributed by atoms with E-state index in [0.717, 1.165) is 15.2 Å². The molecule has 0 fully saturated rings. The lowest BCUT2D eigenvalue weighted by molar-refractivity contribution is 0.177. The number of thiophene rings is 1. The topological polar surface area (TPSA) is 50.9 Å². The van der Waals surface area contributed by atoms with Crippen LogP contribution in [0.4, 0.5) is 0 Å². The van der Waals surface area contributed by atoms with E-state index in [9.17, 15) is 5.11 Å². The zero-order valence-electron chi connectivity index (χ0n) is 9.67. The van der Waals surface area contributed by atoms with Gasteiger partial charge in [-0.15, -0.1) is 11.3 Å². The van der Waals surface area contributed by atoms with Gasteiger partial charge in [-0.25, -0.2) is 9.67 Å². The largest absolute Gasteiger partial charge is 0.387 e. The van der Waals surface area contributed by atoms with Crippen molar-refractivity contribution < 1.29 is 5.11 Å². The Labute approximate surface area is 112 Å². The smallest absolute Gasteiger partial charge is 0.138 e. The van der Waals surface area contributed by atoms with Crippen LogP contribution < -0.4 is 0 Å². The summed E-state index contributed by atoms with van der Waals surface area (Å²) in [4.78, 5) is 5.13. The fourth-order valence-corrected chi connectivity index (χ4v) is 3.06. The minimum atomic E-state index is -0.520. The molecule has 2 heterocycles. The molecule has 1 N–H and O–H groups in total. The fraction of sp³-hybridized carbons (Fsp3) is 0.455. The van der Waals surface area contributed by atoms with Gasteiger partial charge in [0.15, 0.2) is 0 Å². The van der Waals surface area contributed by atoms with Crippen molar-refractivity contribution in [3.05, 3.63) is 32.9 Å². The fourth-order valence-electron chi connectivity index (χ4n) is 1.63. The lowest BCUT2D eigenvalue weighted by Gasteiger charge is -2.12. The highest BCUT2D eigenvalue weighted by molar-refractivity contribution is 9.10. The van der Waals surface area contributed by atoms with Gasteiger partial charge >= 0.3 is 0 Å². The molecule has 0 radical (unpaired) electrons. The third-order valence-electron chi connectivity index (χ3n) is 2.43. The van der Waals surface area contributed by atoms with Crippen molar-refractivity contribution in [2.75, 3.05) is 0 Å². The predicted octanol–water partition coefficient (Wildman–Crippen LogP) is 2.96. The molecule has 0 aromatic carbocycles. The molecule has 92 valence electrons. The number of aliphatic hydroxyl groups excluding tert-OH is 1. The number of hydrogen-bond acceptors (Lipinski definition) is 4. The molecule has 0 saturated heterocycles. The minimum Gasteiger partial charge on any atom is -0.387 e. The summed E-state index contributed by atoms with van der Waals surface area (Å²) in [6.45, 7) is 4.10. The van der Waals surface area contributed by atoms with E-state index in [1.54, 1.807) is 0 Å². The van der Waals surface area contributed by atoms with Crippen LogP contribution in [0.3, 0.4) is 0 Å². The first-order chi connectivity index (χ1) is 8.08. The Kier molecular flexibility index (Phi) is 3.96. The molecule has 1 atom stereocenters. The third kappa shape index (κ3) is 2.94. The Morgan fingerprint density at radius 3 is 2.88 bits per heavy atom. The van der Waals surface area contributed by atoms with E-state index in [1.807, 2.05) is 30.0 Å². The van der Waals surface area contributed by atoms with E-state index in [-0.39, 0.29) is 6.04 Å². The van der Waals surface area contributed by atoms with Crippen LogP contribution in [0.2, 0.25) is 0 Å². The maximum absolute atomic E-state index is 10.1. The Balaban J connectivity index is 2.13. The highest BCUT2D eigenvalue weighted by Crippen LogP contribution is 2.27. The van der Waals surface area contributed by atoms with Gasteiger partial charge in [0.25, 0.3) is 0 Å². The summed E-state index contributed by atoms with van der Waals surface area (Å²) in [5.41, 5.74) is 0. The molecule has 0 spiro atoms. The van der Waals surface area contributed by atoms with Crippen molar-refractivity contribution in [2.45, 2.75) is 32.4 Å². The average molecular weight is 316 g/mol. The van der Waals surface area contributed by atoms with Crippen molar-refractivity contribution in [1.82, 2.24) is 14.8 Å². The second kappa shape index (κ2) is 5.29. The zero-order chi connectivity index (χ0) is 12.4. The lowest BCUT2D eigenvalue weighted by Crippen LogP contribution is -2.11. The number of hydrogen-bond donors (Lipinski definition) is 1. The van der Waals surface area contributed by atoms with Gasteiger partial charge in [0, 0.05) is 27.2 Å². The normalized spacial score (nSPS) is 13.2. The minimum absolute atomic E-state index is 0.259. The van der Waals surface area contributed by atoms with Crippen LogP contribution in [0.25, 0.3) is 0 Å². The van der Waals surface area contributed by atoms with Gasteiger partial charge in [0.1, 0.15) is 12.2 Å². The van der Waals surface area contributed by atoms with E-state index in [2.05, 4.69) is 26.0 Å². The molecule has 4 nitrogen and oxygen atoms in total. The van der Waals surface area contributed by atoms with E-state index in [4.69, 9.17) is 0 Å². The number of rotatable bonds is 4. The maximum Gasteiger partial charge on any atom is 0.138 e. The van der Waals surface area contributed by atoms with Crippen LogP contribution in [0, 0.1) is 0 Å². The van der Waals surface area contributed by atoms with Crippen LogP contribution in [0.15, 0.2) is 22.2 Å². The molecule has 0 amide bonds. The molecule has 0 saturated carbocycles. The van der Waals surface area contributed by atoms with Gasteiger partial charge in [-0.3, -0.25) is 0 Å². The molecule has 2 aromatic rings. The van der Waals surface area contributed by atoms with Gasteiger partial charge in [-0.2, -0.15) is 5.10 Å². The monoisotopic (exact) mass is 315 g/mol. The standard InChI is InChI=1S/C11H14BrN3OS/c1-7(2)15-11(13-6-14-15)4-9(16)10-3-8(12)5-17-10/h3,5-7,9,16H,4H2,1-2H3. The molecule has 0 aliphatic heterocycles. The molecule has 6 heteroatoms. The number of nitrogens with zero attached hydrogens (tertiary/aromatic N) is 3. The third-order valence-corrected chi connectivity index (χ3v) is 4.22. The summed E-state index contributed by atoms with van der Waals surface area (Å²) in [5.74, 6) is 0.817. The van der Waals surface area contributed by atoms with E-state index in [1.165, 1.54) is 17.7 Å². The summed E-state index contributed by atoms with van der Waals surface area (Å²) in [5, 5.41) is 16.2. The SMILES string of the molecule is CC(C)n1ncnc1CC(O)c1cc(Br)cs1. The van der Waals surface area contributed by atoms with Crippen LogP contribution in [0.1, 0.15) is 36.7 Å². The Hall–Kier alpha value is -0.720. The van der Waals surface area contributed by atoms with E-state index < -0.39 is 6.10 Å². The Morgan fingerprint density at radius 1 is 1.53 bits per heavy atom. The summed E-state index contributed by atoms with van der Waals surface area (Å²) in [6, 6.07) is 2.19. The summed E-state index contributed by atoms with van der Waals surface area (Å²) < 4.78 is 2.84. The molecule has 0 aliphatic rings. The van der Waals surface area contributed by atoms with E-state index >= 15 is 0 Å². The molecule has 2 rings (SSSR count). The summed E-state index contributed by atoms with van der Waals surface area (Å²) in [6.07, 6.45) is 1.50. The average Bonchev–Trinajstić information content (AvgIpc) is 2.86. The molecule has 17 heavy (non-hydrogen) atoms. The zero-order valence-corrected chi connectivity index (χ0v) is 12.1. The second-order valence-corrected chi connectivity index (χ2v) is 5.96. The molecule has 0 bridgehead atoms. The summed E-state index contributed by atoms with van der Waals surface area (Å²) >= 11 is 4.92. The highest BCUT2D eigenvalue weighted by atomic mass is 79.9. The second-order valence-electron chi connectivity index (χ2n) is 4.10. The molecule has 0 aliphatic carbocycles. The van der Waals surface area contributed by atoms with Crippen molar-refractivity contribution >= 4 is 27.3 Å². The van der Waals surface area contributed by atoms with Crippen LogP contribution in [-0.2, 0) is 6.42 Å². The predicted molar refractivity (Wildman–Crippen MR) is 71.1 cm³/mol. The Bertz CT molecular complexity index is 494. The van der Waals surface area contributed by atoms with Gasteiger partial charge < -0.3 is 5.11 Å². The molecular formula is C11H14BrN3OS. The van der Waals surface area contributed by atoms with Crippen LogP contribution in [0.5, 0.6) is 0 Å². The van der Waals surface area contributed by atoms with Crippen molar-refractivity contribution in [3.8, 4) is 0 Å². The van der Waals surface area contributed by atoms with Gasteiger partial charge in [-0.1, -0.05) is 0 Å². The quantitative estimate of drug-likeness (QED) is 0.943. The molecular weight excluding hydrogens is 302 g/mol. The molecule has 2 aromatic heterocycles.